The molecule has 25 heavy (non-hydrogen) atoms. The lowest BCUT2D eigenvalue weighted by Crippen LogP contribution is -2.11. The Kier molecular flexibility index (Phi) is 5.46. The van der Waals surface area contributed by atoms with Gasteiger partial charge in [0, 0.05) is 30.9 Å². The highest BCUT2D eigenvalue weighted by molar-refractivity contribution is 5.86. The summed E-state index contributed by atoms with van der Waals surface area (Å²) in [5.74, 6) is 0.992. The van der Waals surface area contributed by atoms with Gasteiger partial charge in [-0.1, -0.05) is 30.3 Å². The molecule has 0 unspecified atom stereocenters. The first kappa shape index (κ1) is 16.8. The van der Waals surface area contributed by atoms with Gasteiger partial charge in [-0.05, 0) is 13.3 Å². The fourth-order valence-electron chi connectivity index (χ4n) is 2.49. The third kappa shape index (κ3) is 4.26. The number of carbonyl (C=O) groups is 1. The zero-order valence-corrected chi connectivity index (χ0v) is 14.0. The van der Waals surface area contributed by atoms with Crippen LogP contribution in [0.25, 0.3) is 11.4 Å². The van der Waals surface area contributed by atoms with Gasteiger partial charge in [0.25, 0.3) is 0 Å². The Morgan fingerprint density at radius 2 is 2.08 bits per heavy atom. The van der Waals surface area contributed by atoms with Crippen molar-refractivity contribution in [2.24, 2.45) is 0 Å². The molecule has 128 valence electrons. The average molecular weight is 337 g/mol. The van der Waals surface area contributed by atoms with E-state index in [0.29, 0.717) is 18.9 Å². The molecule has 7 heteroatoms. The van der Waals surface area contributed by atoms with Gasteiger partial charge in [-0.25, -0.2) is 14.8 Å². The number of hydrogen-bond donors (Lipinski definition) is 0. The minimum Gasteiger partial charge on any atom is -0.461 e. The van der Waals surface area contributed by atoms with Crippen LogP contribution in [-0.2, 0) is 17.7 Å². The minimum atomic E-state index is -0.473. The smallest absolute Gasteiger partial charge is 0.358 e. The number of aryl methyl sites for hydroxylation is 2. The molecule has 2 aromatic heterocycles. The molecule has 3 rings (SSSR count). The van der Waals surface area contributed by atoms with Crippen LogP contribution in [0.4, 0.5) is 0 Å². The number of imidazole rings is 1. The summed E-state index contributed by atoms with van der Waals surface area (Å²) in [6, 6.07) is 10.0. The molecule has 0 aliphatic heterocycles. The summed E-state index contributed by atoms with van der Waals surface area (Å²) >= 11 is 0. The minimum absolute atomic E-state index is 0.194. The first-order chi connectivity index (χ1) is 12.3. The molecular formula is C18H19N5O2. The number of nitrogens with zero attached hydrogens (tertiary/aromatic N) is 5. The second-order valence-electron chi connectivity index (χ2n) is 5.39. The van der Waals surface area contributed by atoms with Gasteiger partial charge in [-0.15, -0.1) is 5.10 Å². The molecule has 1 aromatic carbocycles. The molecule has 0 saturated carbocycles. The largest absolute Gasteiger partial charge is 0.461 e. The van der Waals surface area contributed by atoms with E-state index in [4.69, 9.17) is 4.74 Å². The number of aromatic nitrogens is 5. The zero-order valence-electron chi connectivity index (χ0n) is 14.0. The van der Waals surface area contributed by atoms with E-state index >= 15 is 0 Å². The molecule has 0 atom stereocenters. The highest BCUT2D eigenvalue weighted by Gasteiger charge is 2.11. The number of rotatable bonds is 7. The maximum atomic E-state index is 11.7. The highest BCUT2D eigenvalue weighted by Crippen LogP contribution is 2.17. The lowest BCUT2D eigenvalue weighted by atomic mass is 10.2. The van der Waals surface area contributed by atoms with Crippen molar-refractivity contribution in [2.45, 2.75) is 26.3 Å². The average Bonchev–Trinajstić information content (AvgIpc) is 3.11. The van der Waals surface area contributed by atoms with Crippen molar-refractivity contribution >= 4 is 5.97 Å². The van der Waals surface area contributed by atoms with Crippen molar-refractivity contribution in [3.05, 3.63) is 60.4 Å². The Bertz CT molecular complexity index is 832. The van der Waals surface area contributed by atoms with Gasteiger partial charge in [-0.3, -0.25) is 0 Å². The van der Waals surface area contributed by atoms with E-state index < -0.39 is 5.97 Å². The molecule has 0 radical (unpaired) electrons. The summed E-state index contributed by atoms with van der Waals surface area (Å²) in [4.78, 5) is 20.3. The molecule has 0 saturated heterocycles. The molecule has 0 spiro atoms. The van der Waals surface area contributed by atoms with Crippen molar-refractivity contribution < 1.29 is 9.53 Å². The summed E-state index contributed by atoms with van der Waals surface area (Å²) in [5, 5.41) is 7.82. The topological polar surface area (TPSA) is 82.8 Å². The van der Waals surface area contributed by atoms with E-state index in [-0.39, 0.29) is 5.69 Å². The quantitative estimate of drug-likeness (QED) is 0.616. The van der Waals surface area contributed by atoms with Gasteiger partial charge in [-0.2, -0.15) is 5.10 Å². The molecule has 0 aliphatic carbocycles. The monoisotopic (exact) mass is 337 g/mol. The standard InChI is InChI=1S/C18H19N5O2/c1-2-25-18(24)15-13-20-22-16(21-15)9-6-11-23-12-10-19-17(23)14-7-4-3-5-8-14/h3-5,7-8,10,12-13H,2,6,9,11H2,1H3. The number of carbonyl (C=O) groups excluding carboxylic acids is 1. The predicted molar refractivity (Wildman–Crippen MR) is 91.8 cm³/mol. The van der Waals surface area contributed by atoms with Gasteiger partial charge in [0.15, 0.2) is 11.5 Å². The zero-order chi connectivity index (χ0) is 17.5. The summed E-state index contributed by atoms with van der Waals surface area (Å²) in [5.41, 5.74) is 1.27. The molecule has 3 aromatic rings. The summed E-state index contributed by atoms with van der Waals surface area (Å²) in [7, 11) is 0. The first-order valence-corrected chi connectivity index (χ1v) is 8.20. The van der Waals surface area contributed by atoms with Crippen LogP contribution in [0, 0.1) is 0 Å². The maximum Gasteiger partial charge on any atom is 0.358 e. The second kappa shape index (κ2) is 8.14. The van der Waals surface area contributed by atoms with Crippen LogP contribution >= 0.6 is 0 Å². The fraction of sp³-hybridized carbons (Fsp3) is 0.278. The van der Waals surface area contributed by atoms with Gasteiger partial charge >= 0.3 is 5.97 Å². The van der Waals surface area contributed by atoms with Gasteiger partial charge < -0.3 is 9.30 Å². The van der Waals surface area contributed by atoms with Crippen molar-refractivity contribution in [3.63, 3.8) is 0 Å². The van der Waals surface area contributed by atoms with Crippen LogP contribution < -0.4 is 0 Å². The van der Waals surface area contributed by atoms with Gasteiger partial charge in [0.1, 0.15) is 5.82 Å². The molecule has 2 heterocycles. The lowest BCUT2D eigenvalue weighted by molar-refractivity contribution is 0.0518. The summed E-state index contributed by atoms with van der Waals surface area (Å²) in [6.07, 6.45) is 6.50. The Balaban J connectivity index is 1.62. The molecule has 0 N–H and O–H groups in total. The number of esters is 1. The highest BCUT2D eigenvalue weighted by atomic mass is 16.5. The van der Waals surface area contributed by atoms with Crippen molar-refractivity contribution in [3.8, 4) is 11.4 Å². The third-order valence-corrected chi connectivity index (χ3v) is 3.63. The lowest BCUT2D eigenvalue weighted by Gasteiger charge is -2.07. The molecule has 0 fully saturated rings. The van der Waals surface area contributed by atoms with Crippen LogP contribution in [0.1, 0.15) is 29.7 Å². The maximum absolute atomic E-state index is 11.7. The SMILES string of the molecule is CCOC(=O)c1cnnc(CCCn2ccnc2-c2ccccc2)n1. The summed E-state index contributed by atoms with van der Waals surface area (Å²) in [6.45, 7) is 2.83. The van der Waals surface area contributed by atoms with Crippen LogP contribution in [-0.4, -0.2) is 37.3 Å². The first-order valence-electron chi connectivity index (χ1n) is 8.20. The van der Waals surface area contributed by atoms with E-state index in [9.17, 15) is 4.79 Å². The molecule has 0 aliphatic rings. The Hall–Kier alpha value is -3.09. The Morgan fingerprint density at radius 3 is 2.88 bits per heavy atom. The number of ether oxygens (including phenoxy) is 1. The van der Waals surface area contributed by atoms with Crippen molar-refractivity contribution in [1.29, 1.82) is 0 Å². The number of hydrogen-bond acceptors (Lipinski definition) is 6. The second-order valence-corrected chi connectivity index (χ2v) is 5.39. The normalized spacial score (nSPS) is 10.6. The molecule has 0 bridgehead atoms. The predicted octanol–water partition coefficient (Wildman–Crippen LogP) is 2.54. The molecule has 0 amide bonds. The summed E-state index contributed by atoms with van der Waals surface area (Å²) < 4.78 is 7.02. The molecule has 7 nitrogen and oxygen atoms in total. The Labute approximate surface area is 145 Å². The van der Waals surface area contributed by atoms with Crippen molar-refractivity contribution in [1.82, 2.24) is 24.7 Å². The van der Waals surface area contributed by atoms with Crippen LogP contribution in [0.3, 0.4) is 0 Å². The fourth-order valence-corrected chi connectivity index (χ4v) is 2.49. The van der Waals surface area contributed by atoms with E-state index in [2.05, 4.69) is 24.7 Å². The van der Waals surface area contributed by atoms with Crippen molar-refractivity contribution in [2.75, 3.05) is 6.61 Å². The van der Waals surface area contributed by atoms with Gasteiger partial charge in [0.05, 0.1) is 12.8 Å². The van der Waals surface area contributed by atoms with E-state index in [1.54, 1.807) is 13.1 Å². The third-order valence-electron chi connectivity index (χ3n) is 3.63. The molecular weight excluding hydrogens is 318 g/mol. The van der Waals surface area contributed by atoms with Gasteiger partial charge in [0.2, 0.25) is 0 Å². The van der Waals surface area contributed by atoms with Crippen LogP contribution in [0.2, 0.25) is 0 Å². The van der Waals surface area contributed by atoms with E-state index in [1.165, 1.54) is 6.20 Å². The Morgan fingerprint density at radius 1 is 1.24 bits per heavy atom. The van der Waals surface area contributed by atoms with E-state index in [0.717, 1.165) is 24.4 Å². The van der Waals surface area contributed by atoms with Crippen LogP contribution in [0.5, 0.6) is 0 Å². The van der Waals surface area contributed by atoms with Crippen LogP contribution in [0.15, 0.2) is 48.9 Å². The number of benzene rings is 1. The van der Waals surface area contributed by atoms with E-state index in [1.807, 2.05) is 36.5 Å².